The molecule has 0 aliphatic carbocycles. The van der Waals surface area contributed by atoms with Crippen molar-refractivity contribution in [2.24, 2.45) is 0 Å². The van der Waals surface area contributed by atoms with E-state index in [0.29, 0.717) is 13.0 Å². The first-order valence-corrected chi connectivity index (χ1v) is 8.77. The lowest BCUT2D eigenvalue weighted by Crippen LogP contribution is -2.31. The van der Waals surface area contributed by atoms with E-state index < -0.39 is 5.97 Å². The van der Waals surface area contributed by atoms with Crippen LogP contribution in [0.4, 0.5) is 0 Å². The van der Waals surface area contributed by atoms with E-state index in [9.17, 15) is 4.79 Å². The maximum absolute atomic E-state index is 10.9. The summed E-state index contributed by atoms with van der Waals surface area (Å²) in [5, 5.41) is 12.5. The number of nitrogens with one attached hydrogen (secondary N) is 1. The van der Waals surface area contributed by atoms with E-state index in [1.54, 1.807) is 0 Å². The van der Waals surface area contributed by atoms with E-state index in [0.717, 1.165) is 17.7 Å². The van der Waals surface area contributed by atoms with E-state index in [1.165, 1.54) is 5.56 Å². The van der Waals surface area contributed by atoms with Crippen LogP contribution in [-0.2, 0) is 17.8 Å². The summed E-state index contributed by atoms with van der Waals surface area (Å²) in [4.78, 5) is 10.9. The molecule has 4 nitrogen and oxygen atoms in total. The summed E-state index contributed by atoms with van der Waals surface area (Å²) in [5.41, 5.74) is 2.34. The highest BCUT2D eigenvalue weighted by atomic mass is 16.5. The van der Waals surface area contributed by atoms with Gasteiger partial charge in [-0.3, -0.25) is 4.79 Å². The highest BCUT2D eigenvalue weighted by molar-refractivity contribution is 5.66. The van der Waals surface area contributed by atoms with Crippen molar-refractivity contribution in [1.82, 2.24) is 5.32 Å². The molecule has 4 heteroatoms. The molecule has 1 atom stereocenters. The predicted molar refractivity (Wildman–Crippen MR) is 99.8 cm³/mol. The van der Waals surface area contributed by atoms with Crippen LogP contribution in [0.2, 0.25) is 0 Å². The van der Waals surface area contributed by atoms with Gasteiger partial charge in [-0.1, -0.05) is 42.5 Å². The summed E-state index contributed by atoms with van der Waals surface area (Å²) >= 11 is 0. The molecule has 0 radical (unpaired) electrons. The van der Waals surface area contributed by atoms with Crippen LogP contribution < -0.4 is 10.1 Å². The zero-order valence-corrected chi connectivity index (χ0v) is 14.9. The minimum Gasteiger partial charge on any atom is -0.491 e. The van der Waals surface area contributed by atoms with Crippen LogP contribution in [0.5, 0.6) is 5.75 Å². The third-order valence-corrected chi connectivity index (χ3v) is 3.90. The molecule has 0 amide bonds. The monoisotopic (exact) mass is 341 g/mol. The molecule has 0 aromatic heterocycles. The standard InChI is InChI=1S/C21H27NO3/c1-16(2)25-20-10-6-9-18(14-20)15-22-19(11-12-21(23)24)13-17-7-4-3-5-8-17/h3-10,14,16,19,22H,11-13,15H2,1-2H3,(H,23,24). The molecule has 2 rings (SSSR count). The normalized spacial score (nSPS) is 12.1. The van der Waals surface area contributed by atoms with Crippen LogP contribution in [0.25, 0.3) is 0 Å². The van der Waals surface area contributed by atoms with Crippen molar-refractivity contribution in [3.63, 3.8) is 0 Å². The fourth-order valence-electron chi connectivity index (χ4n) is 2.74. The summed E-state index contributed by atoms with van der Waals surface area (Å²) in [6, 6.07) is 18.3. The van der Waals surface area contributed by atoms with Crippen molar-refractivity contribution >= 4 is 5.97 Å². The van der Waals surface area contributed by atoms with E-state index in [1.807, 2.05) is 50.2 Å². The number of aliphatic carboxylic acids is 1. The van der Waals surface area contributed by atoms with Crippen molar-refractivity contribution in [3.8, 4) is 5.75 Å². The molecule has 0 aliphatic heterocycles. The Hall–Kier alpha value is -2.33. The van der Waals surface area contributed by atoms with Crippen LogP contribution in [-0.4, -0.2) is 23.2 Å². The third kappa shape index (κ3) is 7.40. The number of ether oxygens (including phenoxy) is 1. The Labute approximate surface area is 149 Å². The van der Waals surface area contributed by atoms with Crippen molar-refractivity contribution in [2.75, 3.05) is 0 Å². The molecule has 0 saturated carbocycles. The summed E-state index contributed by atoms with van der Waals surface area (Å²) in [6.45, 7) is 4.70. The molecule has 25 heavy (non-hydrogen) atoms. The highest BCUT2D eigenvalue weighted by Gasteiger charge is 2.12. The van der Waals surface area contributed by atoms with E-state index in [-0.39, 0.29) is 18.6 Å². The molecule has 2 N–H and O–H groups in total. The second-order valence-corrected chi connectivity index (χ2v) is 6.51. The number of hydrogen-bond donors (Lipinski definition) is 2. The van der Waals surface area contributed by atoms with Crippen molar-refractivity contribution < 1.29 is 14.6 Å². The van der Waals surface area contributed by atoms with Crippen molar-refractivity contribution in [3.05, 3.63) is 65.7 Å². The Balaban J connectivity index is 1.97. The first-order chi connectivity index (χ1) is 12.0. The smallest absolute Gasteiger partial charge is 0.303 e. The molecule has 0 saturated heterocycles. The van der Waals surface area contributed by atoms with Gasteiger partial charge in [0.2, 0.25) is 0 Å². The van der Waals surface area contributed by atoms with Crippen LogP contribution >= 0.6 is 0 Å². The molecular formula is C21H27NO3. The molecule has 134 valence electrons. The van der Waals surface area contributed by atoms with Gasteiger partial charge >= 0.3 is 5.97 Å². The van der Waals surface area contributed by atoms with Crippen LogP contribution in [0.3, 0.4) is 0 Å². The molecule has 0 heterocycles. The zero-order chi connectivity index (χ0) is 18.1. The molecule has 2 aromatic carbocycles. The number of carboxylic acid groups (broad SMARTS) is 1. The SMILES string of the molecule is CC(C)Oc1cccc(CNC(CCC(=O)O)Cc2ccccc2)c1. The molecule has 0 fully saturated rings. The minimum absolute atomic E-state index is 0.119. The molecule has 2 aromatic rings. The van der Waals surface area contributed by atoms with E-state index >= 15 is 0 Å². The summed E-state index contributed by atoms with van der Waals surface area (Å²) in [6.07, 6.45) is 1.73. The van der Waals surface area contributed by atoms with Crippen LogP contribution in [0, 0.1) is 0 Å². The van der Waals surface area contributed by atoms with Gasteiger partial charge in [0.15, 0.2) is 0 Å². The van der Waals surface area contributed by atoms with Gasteiger partial charge < -0.3 is 15.2 Å². The summed E-state index contributed by atoms with van der Waals surface area (Å²) in [5.74, 6) is 0.103. The number of carboxylic acids is 1. The Morgan fingerprint density at radius 2 is 1.80 bits per heavy atom. The van der Waals surface area contributed by atoms with Gasteiger partial charge in [0.05, 0.1) is 6.10 Å². The molecule has 0 bridgehead atoms. The summed E-state index contributed by atoms with van der Waals surface area (Å²) < 4.78 is 5.73. The van der Waals surface area contributed by atoms with E-state index in [2.05, 4.69) is 23.5 Å². The van der Waals surface area contributed by atoms with Gasteiger partial charge in [-0.15, -0.1) is 0 Å². The maximum atomic E-state index is 10.9. The van der Waals surface area contributed by atoms with Gasteiger partial charge in [0.1, 0.15) is 5.75 Å². The lowest BCUT2D eigenvalue weighted by molar-refractivity contribution is -0.137. The fraction of sp³-hybridized carbons (Fsp3) is 0.381. The third-order valence-electron chi connectivity index (χ3n) is 3.90. The largest absolute Gasteiger partial charge is 0.491 e. The average Bonchev–Trinajstić information content (AvgIpc) is 2.58. The first kappa shape index (κ1) is 19.0. The van der Waals surface area contributed by atoms with Gasteiger partial charge in [-0.25, -0.2) is 0 Å². The van der Waals surface area contributed by atoms with E-state index in [4.69, 9.17) is 9.84 Å². The highest BCUT2D eigenvalue weighted by Crippen LogP contribution is 2.16. The first-order valence-electron chi connectivity index (χ1n) is 8.77. The molecule has 0 aliphatic rings. The fourth-order valence-corrected chi connectivity index (χ4v) is 2.74. The topological polar surface area (TPSA) is 58.6 Å². The maximum Gasteiger partial charge on any atom is 0.303 e. The van der Waals surface area contributed by atoms with Gasteiger partial charge in [-0.05, 0) is 49.9 Å². The number of carbonyl (C=O) groups is 1. The quantitative estimate of drug-likeness (QED) is 0.685. The Bertz CT molecular complexity index is 655. The van der Waals surface area contributed by atoms with Crippen molar-refractivity contribution in [2.45, 2.75) is 51.8 Å². The molecule has 1 unspecified atom stereocenters. The second-order valence-electron chi connectivity index (χ2n) is 6.51. The summed E-state index contributed by atoms with van der Waals surface area (Å²) in [7, 11) is 0. The Morgan fingerprint density at radius 3 is 2.48 bits per heavy atom. The average molecular weight is 341 g/mol. The van der Waals surface area contributed by atoms with Gasteiger partial charge in [0.25, 0.3) is 0 Å². The van der Waals surface area contributed by atoms with Crippen LogP contribution in [0.15, 0.2) is 54.6 Å². The Kier molecular flexibility index (Phi) is 7.48. The lowest BCUT2D eigenvalue weighted by atomic mass is 10.0. The van der Waals surface area contributed by atoms with Crippen molar-refractivity contribution in [1.29, 1.82) is 0 Å². The minimum atomic E-state index is -0.757. The molecular weight excluding hydrogens is 314 g/mol. The molecule has 0 spiro atoms. The number of rotatable bonds is 10. The number of hydrogen-bond acceptors (Lipinski definition) is 3. The number of benzene rings is 2. The predicted octanol–water partition coefficient (Wildman–Crippen LogP) is 4.04. The van der Waals surface area contributed by atoms with Gasteiger partial charge in [-0.2, -0.15) is 0 Å². The Morgan fingerprint density at radius 1 is 1.08 bits per heavy atom. The second kappa shape index (κ2) is 9.84. The zero-order valence-electron chi connectivity index (χ0n) is 14.9. The van der Waals surface area contributed by atoms with Crippen LogP contribution in [0.1, 0.15) is 37.8 Å². The van der Waals surface area contributed by atoms with Gasteiger partial charge in [0, 0.05) is 19.0 Å². The lowest BCUT2D eigenvalue weighted by Gasteiger charge is -2.19.